The average Bonchev–Trinajstić information content (AvgIpc) is 2.16. The second-order valence-corrected chi connectivity index (χ2v) is 5.86. The van der Waals surface area contributed by atoms with Gasteiger partial charge in [0, 0.05) is 10.5 Å². The van der Waals surface area contributed by atoms with Crippen molar-refractivity contribution in [2.45, 2.75) is 19.9 Å². The molecular formula is C13H18BrNO2. The third-order valence-corrected chi connectivity index (χ3v) is 3.41. The highest BCUT2D eigenvalue weighted by atomic mass is 79.9. The first-order chi connectivity index (χ1) is 7.76. The predicted molar refractivity (Wildman–Crippen MR) is 72.0 cm³/mol. The summed E-state index contributed by atoms with van der Waals surface area (Å²) in [7, 11) is 3.80. The molecule has 1 atom stereocenters. The van der Waals surface area contributed by atoms with Crippen molar-refractivity contribution in [1.29, 1.82) is 0 Å². The Labute approximate surface area is 111 Å². The van der Waals surface area contributed by atoms with Crippen molar-refractivity contribution in [2.75, 3.05) is 14.1 Å². The van der Waals surface area contributed by atoms with Crippen LogP contribution in [0.3, 0.4) is 0 Å². The van der Waals surface area contributed by atoms with E-state index in [-0.39, 0.29) is 6.04 Å². The average molecular weight is 300 g/mol. The van der Waals surface area contributed by atoms with Gasteiger partial charge in [-0.1, -0.05) is 28.1 Å². The lowest BCUT2D eigenvalue weighted by atomic mass is 9.80. The van der Waals surface area contributed by atoms with Crippen molar-refractivity contribution in [1.82, 2.24) is 4.90 Å². The lowest BCUT2D eigenvalue weighted by Gasteiger charge is -2.36. The van der Waals surface area contributed by atoms with Crippen LogP contribution in [0.1, 0.15) is 25.5 Å². The van der Waals surface area contributed by atoms with Gasteiger partial charge in [0.15, 0.2) is 0 Å². The molecule has 0 aliphatic carbocycles. The first-order valence-corrected chi connectivity index (χ1v) is 6.21. The molecule has 1 aromatic rings. The Kier molecular flexibility index (Phi) is 4.33. The van der Waals surface area contributed by atoms with Gasteiger partial charge in [0.25, 0.3) is 0 Å². The largest absolute Gasteiger partial charge is 0.481 e. The Bertz CT molecular complexity index is 416. The summed E-state index contributed by atoms with van der Waals surface area (Å²) in [4.78, 5) is 13.3. The van der Waals surface area contributed by atoms with Crippen LogP contribution in [-0.4, -0.2) is 30.1 Å². The fourth-order valence-electron chi connectivity index (χ4n) is 2.15. The highest BCUT2D eigenvalue weighted by Gasteiger charge is 2.39. The number of nitrogens with zero attached hydrogens (tertiary/aromatic N) is 1. The SMILES string of the molecule is CN(C)C(c1cccc(Br)c1)C(C)(C)C(=O)O. The summed E-state index contributed by atoms with van der Waals surface area (Å²) in [5.41, 5.74) is 0.154. The minimum atomic E-state index is -0.843. The summed E-state index contributed by atoms with van der Waals surface area (Å²) in [6.45, 7) is 3.50. The van der Waals surface area contributed by atoms with Gasteiger partial charge in [-0.3, -0.25) is 4.79 Å². The van der Waals surface area contributed by atoms with Gasteiger partial charge in [-0.25, -0.2) is 0 Å². The molecule has 0 aliphatic heterocycles. The van der Waals surface area contributed by atoms with E-state index in [9.17, 15) is 9.90 Å². The van der Waals surface area contributed by atoms with Gasteiger partial charge >= 0.3 is 5.97 Å². The van der Waals surface area contributed by atoms with Crippen molar-refractivity contribution < 1.29 is 9.90 Å². The molecule has 3 nitrogen and oxygen atoms in total. The van der Waals surface area contributed by atoms with Crippen LogP contribution in [0.15, 0.2) is 28.7 Å². The van der Waals surface area contributed by atoms with Crippen LogP contribution in [-0.2, 0) is 4.79 Å². The van der Waals surface area contributed by atoms with Gasteiger partial charge in [0.1, 0.15) is 0 Å². The molecule has 1 aromatic carbocycles. The molecule has 0 heterocycles. The lowest BCUT2D eigenvalue weighted by Crippen LogP contribution is -2.39. The topological polar surface area (TPSA) is 40.5 Å². The molecule has 4 heteroatoms. The molecule has 1 unspecified atom stereocenters. The molecule has 1 rings (SSSR count). The second-order valence-electron chi connectivity index (χ2n) is 4.95. The number of aliphatic carboxylic acids is 1. The molecule has 0 saturated heterocycles. The molecule has 0 aliphatic rings. The molecule has 0 amide bonds. The van der Waals surface area contributed by atoms with Crippen molar-refractivity contribution in [3.63, 3.8) is 0 Å². The summed E-state index contributed by atoms with van der Waals surface area (Å²) < 4.78 is 0.961. The molecule has 0 spiro atoms. The number of benzene rings is 1. The highest BCUT2D eigenvalue weighted by molar-refractivity contribution is 9.10. The molecule has 17 heavy (non-hydrogen) atoms. The van der Waals surface area contributed by atoms with Gasteiger partial charge in [-0.15, -0.1) is 0 Å². The molecule has 0 radical (unpaired) electrons. The zero-order valence-electron chi connectivity index (χ0n) is 10.6. The quantitative estimate of drug-likeness (QED) is 0.928. The zero-order chi connectivity index (χ0) is 13.2. The van der Waals surface area contributed by atoms with Crippen LogP contribution in [0.25, 0.3) is 0 Å². The fraction of sp³-hybridized carbons (Fsp3) is 0.462. The predicted octanol–water partition coefficient (Wildman–Crippen LogP) is 3.16. The Morgan fingerprint density at radius 3 is 2.41 bits per heavy atom. The van der Waals surface area contributed by atoms with Crippen molar-refractivity contribution >= 4 is 21.9 Å². The summed E-state index contributed by atoms with van der Waals surface area (Å²) in [6, 6.07) is 7.62. The van der Waals surface area contributed by atoms with E-state index in [1.165, 1.54) is 0 Å². The molecule has 0 saturated carbocycles. The fourth-order valence-corrected chi connectivity index (χ4v) is 2.57. The van der Waals surface area contributed by atoms with E-state index in [1.807, 2.05) is 43.3 Å². The standard InChI is InChI=1S/C13H18BrNO2/c1-13(2,12(16)17)11(15(3)4)9-6-5-7-10(14)8-9/h5-8,11H,1-4H3,(H,16,17). The monoisotopic (exact) mass is 299 g/mol. The van der Waals surface area contributed by atoms with Crippen LogP contribution in [0.5, 0.6) is 0 Å². The lowest BCUT2D eigenvalue weighted by molar-refractivity contribution is -0.150. The van der Waals surface area contributed by atoms with Gasteiger partial charge in [0.2, 0.25) is 0 Å². The number of carbonyl (C=O) groups is 1. The van der Waals surface area contributed by atoms with Gasteiger partial charge in [-0.2, -0.15) is 0 Å². The van der Waals surface area contributed by atoms with E-state index >= 15 is 0 Å². The number of carboxylic acid groups (broad SMARTS) is 1. The van der Waals surface area contributed by atoms with E-state index < -0.39 is 11.4 Å². The van der Waals surface area contributed by atoms with Crippen molar-refractivity contribution in [2.24, 2.45) is 5.41 Å². The normalized spacial score (nSPS) is 13.8. The Morgan fingerprint density at radius 2 is 2.00 bits per heavy atom. The first-order valence-electron chi connectivity index (χ1n) is 5.42. The number of carboxylic acids is 1. The van der Waals surface area contributed by atoms with Crippen LogP contribution in [0.4, 0.5) is 0 Å². The van der Waals surface area contributed by atoms with Crippen LogP contribution >= 0.6 is 15.9 Å². The maximum atomic E-state index is 11.4. The van der Waals surface area contributed by atoms with Crippen molar-refractivity contribution in [3.8, 4) is 0 Å². The van der Waals surface area contributed by atoms with Crippen molar-refractivity contribution in [3.05, 3.63) is 34.3 Å². The van der Waals surface area contributed by atoms with E-state index in [2.05, 4.69) is 15.9 Å². The number of halogens is 1. The molecule has 1 N–H and O–H groups in total. The summed E-state index contributed by atoms with van der Waals surface area (Å²) in [6.07, 6.45) is 0. The summed E-state index contributed by atoms with van der Waals surface area (Å²) in [5, 5.41) is 9.35. The molecule has 94 valence electrons. The molecule has 0 bridgehead atoms. The Hall–Kier alpha value is -0.870. The van der Waals surface area contributed by atoms with Gasteiger partial charge < -0.3 is 10.0 Å². The molecular weight excluding hydrogens is 282 g/mol. The summed E-state index contributed by atoms with van der Waals surface area (Å²) >= 11 is 3.42. The maximum absolute atomic E-state index is 11.4. The van der Waals surface area contributed by atoms with E-state index in [1.54, 1.807) is 13.8 Å². The van der Waals surface area contributed by atoms with E-state index in [4.69, 9.17) is 0 Å². The van der Waals surface area contributed by atoms with Crippen LogP contribution < -0.4 is 0 Å². The molecule has 0 aromatic heterocycles. The van der Waals surface area contributed by atoms with Gasteiger partial charge in [0.05, 0.1) is 5.41 Å². The van der Waals surface area contributed by atoms with E-state index in [0.29, 0.717) is 0 Å². The minimum absolute atomic E-state index is 0.169. The second kappa shape index (κ2) is 5.19. The van der Waals surface area contributed by atoms with Crippen LogP contribution in [0, 0.1) is 5.41 Å². The van der Waals surface area contributed by atoms with Crippen LogP contribution in [0.2, 0.25) is 0 Å². The van der Waals surface area contributed by atoms with E-state index in [0.717, 1.165) is 10.0 Å². The first kappa shape index (κ1) is 14.2. The number of rotatable bonds is 4. The summed E-state index contributed by atoms with van der Waals surface area (Å²) in [5.74, 6) is -0.795. The third-order valence-electron chi connectivity index (χ3n) is 2.92. The third kappa shape index (κ3) is 3.07. The highest BCUT2D eigenvalue weighted by Crippen LogP contribution is 2.37. The minimum Gasteiger partial charge on any atom is -0.481 e. The zero-order valence-corrected chi connectivity index (χ0v) is 12.2. The maximum Gasteiger partial charge on any atom is 0.311 e. The van der Waals surface area contributed by atoms with Gasteiger partial charge in [-0.05, 0) is 45.6 Å². The smallest absolute Gasteiger partial charge is 0.311 e. The number of hydrogen-bond acceptors (Lipinski definition) is 2. The Morgan fingerprint density at radius 1 is 1.41 bits per heavy atom. The number of hydrogen-bond donors (Lipinski definition) is 1. The molecule has 0 fully saturated rings. The Balaban J connectivity index is 3.23.